The van der Waals surface area contributed by atoms with E-state index in [1.165, 1.54) is 5.69 Å². The second-order valence-corrected chi connectivity index (χ2v) is 4.12. The summed E-state index contributed by atoms with van der Waals surface area (Å²) in [4.78, 5) is 2.34. The highest BCUT2D eigenvalue weighted by Crippen LogP contribution is 2.23. The van der Waals surface area contributed by atoms with Gasteiger partial charge in [0.15, 0.2) is 0 Å². The molecule has 3 N–H and O–H groups in total. The lowest BCUT2D eigenvalue weighted by molar-refractivity contribution is 0.589. The zero-order valence-corrected chi connectivity index (χ0v) is 10.7. The van der Waals surface area contributed by atoms with Gasteiger partial charge in [-0.2, -0.15) is 0 Å². The van der Waals surface area contributed by atoms with E-state index in [4.69, 9.17) is 17.3 Å². The maximum Gasteiger partial charge on any atom is 0.0471 e. The smallest absolute Gasteiger partial charge is 0.0471 e. The van der Waals surface area contributed by atoms with Crippen LogP contribution in [0.1, 0.15) is 5.56 Å². The molecule has 3 nitrogen and oxygen atoms in total. The molecule has 16 heavy (non-hydrogen) atoms. The lowest BCUT2D eigenvalue weighted by atomic mass is 10.2. The number of benzene rings is 1. The second kappa shape index (κ2) is 6.30. The van der Waals surface area contributed by atoms with E-state index in [-0.39, 0.29) is 12.4 Å². The normalized spacial score (nSPS) is 15.8. The summed E-state index contributed by atoms with van der Waals surface area (Å²) in [6, 6.07) is 6.12. The third-order valence-corrected chi connectivity index (χ3v) is 3.09. The van der Waals surface area contributed by atoms with E-state index < -0.39 is 0 Å². The van der Waals surface area contributed by atoms with Crippen molar-refractivity contribution in [2.45, 2.75) is 6.54 Å². The minimum atomic E-state index is 0. The number of piperazine rings is 1. The minimum absolute atomic E-state index is 0. The van der Waals surface area contributed by atoms with Crippen LogP contribution in [0.25, 0.3) is 0 Å². The van der Waals surface area contributed by atoms with Crippen LogP contribution in [0.4, 0.5) is 5.69 Å². The summed E-state index contributed by atoms with van der Waals surface area (Å²) < 4.78 is 0. The fourth-order valence-electron chi connectivity index (χ4n) is 1.82. The molecule has 1 saturated heterocycles. The average Bonchev–Trinajstić information content (AvgIpc) is 2.30. The molecule has 1 aromatic carbocycles. The average molecular weight is 262 g/mol. The Kier molecular flexibility index (Phi) is 5.35. The first-order chi connectivity index (χ1) is 7.31. The van der Waals surface area contributed by atoms with Gasteiger partial charge < -0.3 is 16.0 Å². The fraction of sp³-hybridized carbons (Fsp3) is 0.455. The van der Waals surface area contributed by atoms with Crippen molar-refractivity contribution in [3.63, 3.8) is 0 Å². The molecule has 0 unspecified atom stereocenters. The molecule has 0 amide bonds. The Bertz CT molecular complexity index is 338. The van der Waals surface area contributed by atoms with E-state index in [9.17, 15) is 0 Å². The van der Waals surface area contributed by atoms with E-state index in [1.807, 2.05) is 12.1 Å². The Labute approximate surface area is 107 Å². The van der Waals surface area contributed by atoms with Crippen LogP contribution in [0.5, 0.6) is 0 Å². The summed E-state index contributed by atoms with van der Waals surface area (Å²) in [5, 5.41) is 4.10. The maximum atomic E-state index is 6.13. The number of anilines is 1. The van der Waals surface area contributed by atoms with Gasteiger partial charge in [0.2, 0.25) is 0 Å². The summed E-state index contributed by atoms with van der Waals surface area (Å²) in [5.41, 5.74) is 7.77. The van der Waals surface area contributed by atoms with Crippen molar-refractivity contribution < 1.29 is 0 Å². The highest BCUT2D eigenvalue weighted by atomic mass is 35.5. The molecule has 0 saturated carbocycles. The van der Waals surface area contributed by atoms with E-state index in [0.29, 0.717) is 6.54 Å². The predicted molar refractivity (Wildman–Crippen MR) is 71.7 cm³/mol. The monoisotopic (exact) mass is 261 g/mol. The Morgan fingerprint density at radius 3 is 2.56 bits per heavy atom. The van der Waals surface area contributed by atoms with Crippen LogP contribution in [0.2, 0.25) is 5.02 Å². The largest absolute Gasteiger partial charge is 0.369 e. The predicted octanol–water partition coefficient (Wildman–Crippen LogP) is 1.63. The lowest BCUT2D eigenvalue weighted by Gasteiger charge is -2.29. The summed E-state index contributed by atoms with van der Waals surface area (Å²) in [6.45, 7) is 4.66. The Balaban J connectivity index is 0.00000128. The Morgan fingerprint density at radius 1 is 1.31 bits per heavy atom. The molecule has 1 aromatic rings. The molecule has 90 valence electrons. The van der Waals surface area contributed by atoms with Crippen LogP contribution in [0, 0.1) is 0 Å². The van der Waals surface area contributed by atoms with Gasteiger partial charge in [-0.1, -0.05) is 17.7 Å². The third-order valence-electron chi connectivity index (χ3n) is 2.74. The van der Waals surface area contributed by atoms with Gasteiger partial charge in [0.1, 0.15) is 0 Å². The van der Waals surface area contributed by atoms with Crippen molar-refractivity contribution in [1.82, 2.24) is 5.32 Å². The van der Waals surface area contributed by atoms with Crippen LogP contribution < -0.4 is 16.0 Å². The van der Waals surface area contributed by atoms with Gasteiger partial charge >= 0.3 is 0 Å². The minimum Gasteiger partial charge on any atom is -0.369 e. The van der Waals surface area contributed by atoms with Crippen LogP contribution in [-0.2, 0) is 6.54 Å². The van der Waals surface area contributed by atoms with Crippen LogP contribution in [-0.4, -0.2) is 26.2 Å². The highest BCUT2D eigenvalue weighted by Gasteiger charge is 2.11. The molecular weight excluding hydrogens is 245 g/mol. The molecule has 1 fully saturated rings. The molecule has 0 aliphatic carbocycles. The molecule has 0 radical (unpaired) electrons. The lowest BCUT2D eigenvalue weighted by Crippen LogP contribution is -2.43. The highest BCUT2D eigenvalue weighted by molar-refractivity contribution is 6.31. The molecule has 2 rings (SSSR count). The second-order valence-electron chi connectivity index (χ2n) is 3.72. The molecule has 1 aliphatic heterocycles. The summed E-state index contributed by atoms with van der Waals surface area (Å²) in [7, 11) is 0. The van der Waals surface area contributed by atoms with Gasteiger partial charge in [-0.3, -0.25) is 0 Å². The Hall–Kier alpha value is -0.480. The van der Waals surface area contributed by atoms with Gasteiger partial charge in [0, 0.05) is 43.4 Å². The topological polar surface area (TPSA) is 41.3 Å². The zero-order chi connectivity index (χ0) is 10.7. The first kappa shape index (κ1) is 13.6. The van der Waals surface area contributed by atoms with Crippen molar-refractivity contribution in [3.8, 4) is 0 Å². The van der Waals surface area contributed by atoms with E-state index in [0.717, 1.165) is 36.8 Å². The van der Waals surface area contributed by atoms with Crippen molar-refractivity contribution in [2.75, 3.05) is 31.1 Å². The van der Waals surface area contributed by atoms with Crippen LogP contribution >= 0.6 is 24.0 Å². The van der Waals surface area contributed by atoms with E-state index >= 15 is 0 Å². The molecule has 0 bridgehead atoms. The summed E-state index contributed by atoms with van der Waals surface area (Å²) in [5.74, 6) is 0. The van der Waals surface area contributed by atoms with Crippen molar-refractivity contribution >= 4 is 29.7 Å². The van der Waals surface area contributed by atoms with Crippen LogP contribution in [0.3, 0.4) is 0 Å². The molecule has 0 atom stereocenters. The number of halogens is 2. The van der Waals surface area contributed by atoms with Crippen molar-refractivity contribution in [1.29, 1.82) is 0 Å². The zero-order valence-electron chi connectivity index (χ0n) is 9.08. The number of hydrogen-bond acceptors (Lipinski definition) is 3. The third kappa shape index (κ3) is 3.01. The number of nitrogens with one attached hydrogen (secondary N) is 1. The van der Waals surface area contributed by atoms with Gasteiger partial charge in [-0.25, -0.2) is 0 Å². The van der Waals surface area contributed by atoms with Gasteiger partial charge in [-0.15, -0.1) is 12.4 Å². The quantitative estimate of drug-likeness (QED) is 0.851. The molecule has 5 heteroatoms. The summed E-state index contributed by atoms with van der Waals surface area (Å²) in [6.07, 6.45) is 0. The van der Waals surface area contributed by atoms with E-state index in [1.54, 1.807) is 0 Å². The number of nitrogens with zero attached hydrogens (tertiary/aromatic N) is 1. The Morgan fingerprint density at radius 2 is 2.00 bits per heavy atom. The first-order valence-electron chi connectivity index (χ1n) is 5.25. The van der Waals surface area contributed by atoms with Crippen molar-refractivity contribution in [2.24, 2.45) is 5.73 Å². The molecule has 1 aliphatic rings. The van der Waals surface area contributed by atoms with E-state index in [2.05, 4.69) is 16.3 Å². The number of hydrogen-bond donors (Lipinski definition) is 2. The molecular formula is C11H17Cl2N3. The summed E-state index contributed by atoms with van der Waals surface area (Å²) >= 11 is 6.13. The fourth-order valence-corrected chi connectivity index (χ4v) is 2.07. The molecule has 0 aromatic heterocycles. The van der Waals surface area contributed by atoms with Crippen molar-refractivity contribution in [3.05, 3.63) is 28.8 Å². The van der Waals surface area contributed by atoms with Gasteiger partial charge in [0.25, 0.3) is 0 Å². The maximum absolute atomic E-state index is 6.13. The van der Waals surface area contributed by atoms with Crippen LogP contribution in [0.15, 0.2) is 18.2 Å². The standard InChI is InChI=1S/C11H16ClN3.ClH/c12-11-7-10(2-1-9(11)8-13)15-5-3-14-4-6-15;/h1-2,7,14H,3-6,8,13H2;1H. The van der Waals surface area contributed by atoms with Gasteiger partial charge in [-0.05, 0) is 17.7 Å². The first-order valence-corrected chi connectivity index (χ1v) is 5.63. The number of rotatable bonds is 2. The SMILES string of the molecule is Cl.NCc1ccc(N2CCNCC2)cc1Cl. The van der Waals surface area contributed by atoms with Gasteiger partial charge in [0.05, 0.1) is 0 Å². The number of nitrogens with two attached hydrogens (primary N) is 1. The molecule has 0 spiro atoms. The molecule has 1 heterocycles.